The van der Waals surface area contributed by atoms with Gasteiger partial charge >= 0.3 is 12.1 Å². The Kier molecular flexibility index (Phi) is 5.00. The van der Waals surface area contributed by atoms with Crippen molar-refractivity contribution in [2.24, 2.45) is 0 Å². The van der Waals surface area contributed by atoms with Crippen LogP contribution in [0.3, 0.4) is 0 Å². The molecule has 23 heavy (non-hydrogen) atoms. The number of nitrogens with zero attached hydrogens (tertiary/aromatic N) is 1. The van der Waals surface area contributed by atoms with Crippen molar-refractivity contribution >= 4 is 18.1 Å². The summed E-state index contributed by atoms with van der Waals surface area (Å²) in [6, 6.07) is 7.82. The van der Waals surface area contributed by atoms with Crippen LogP contribution in [-0.2, 0) is 4.79 Å². The van der Waals surface area contributed by atoms with Gasteiger partial charge in [-0.2, -0.15) is 13.2 Å². The van der Waals surface area contributed by atoms with Crippen LogP contribution in [0, 0.1) is 0 Å². The Balaban J connectivity index is 2.19. The lowest BCUT2D eigenvalue weighted by Gasteiger charge is -2.11. The van der Waals surface area contributed by atoms with Gasteiger partial charge < -0.3 is 9.47 Å². The summed E-state index contributed by atoms with van der Waals surface area (Å²) in [7, 11) is 1.27. The second-order valence-electron chi connectivity index (χ2n) is 4.41. The highest BCUT2D eigenvalue weighted by molar-refractivity contribution is 5.79. The molecule has 1 heterocycles. The third kappa shape index (κ3) is 4.57. The zero-order valence-corrected chi connectivity index (χ0v) is 12.0. The summed E-state index contributed by atoms with van der Waals surface area (Å²) in [6.07, 6.45) is 1.76. The summed E-state index contributed by atoms with van der Waals surface area (Å²) in [5.74, 6) is -2.56. The predicted molar refractivity (Wildman–Crippen MR) is 77.8 cm³/mol. The average Bonchev–Trinajstić information content (AvgIpc) is 2.54. The van der Waals surface area contributed by atoms with E-state index in [2.05, 4.69) is 9.72 Å². The molecule has 0 radical (unpaired) electrons. The topological polar surface area (TPSA) is 48.4 Å². The van der Waals surface area contributed by atoms with E-state index in [4.69, 9.17) is 4.74 Å². The van der Waals surface area contributed by atoms with Crippen LogP contribution in [0.1, 0.15) is 11.1 Å². The first-order valence-electron chi connectivity index (χ1n) is 6.45. The normalized spacial score (nSPS) is 11.5. The summed E-state index contributed by atoms with van der Waals surface area (Å²) in [4.78, 5) is 14.8. The summed E-state index contributed by atoms with van der Waals surface area (Å²) in [5.41, 5.74) is 1.58. The molecule has 0 unspecified atom stereocenters. The van der Waals surface area contributed by atoms with Crippen molar-refractivity contribution in [2.45, 2.75) is 6.18 Å². The third-order valence-electron chi connectivity index (χ3n) is 2.80. The van der Waals surface area contributed by atoms with E-state index in [1.165, 1.54) is 25.3 Å². The maximum atomic E-state index is 12.2. The number of aromatic nitrogens is 1. The fraction of sp³-hybridized carbons (Fsp3) is 0.125. The van der Waals surface area contributed by atoms with Gasteiger partial charge in [-0.3, -0.25) is 4.98 Å². The minimum atomic E-state index is -5.06. The molecule has 0 aliphatic carbocycles. The molecule has 120 valence electrons. The highest BCUT2D eigenvalue weighted by Gasteiger charge is 2.41. The molecule has 0 N–H and O–H groups in total. The SMILES string of the molecule is COc1cc(/C=C/c2ccncc2)ccc1OC(=O)C(F)(F)F. The Hall–Kier alpha value is -2.83. The van der Waals surface area contributed by atoms with Crippen molar-refractivity contribution in [1.29, 1.82) is 0 Å². The van der Waals surface area contributed by atoms with Gasteiger partial charge in [0.1, 0.15) is 0 Å². The average molecular weight is 323 g/mol. The van der Waals surface area contributed by atoms with Crippen LogP contribution in [-0.4, -0.2) is 24.2 Å². The summed E-state index contributed by atoms with van der Waals surface area (Å²) in [5, 5.41) is 0. The Labute approximate surface area is 130 Å². The number of hydrogen-bond acceptors (Lipinski definition) is 4. The van der Waals surface area contributed by atoms with Crippen molar-refractivity contribution in [3.8, 4) is 11.5 Å². The molecule has 2 aromatic rings. The van der Waals surface area contributed by atoms with Gasteiger partial charge in [0.25, 0.3) is 0 Å². The van der Waals surface area contributed by atoms with E-state index in [0.717, 1.165) is 5.56 Å². The van der Waals surface area contributed by atoms with Crippen molar-refractivity contribution in [3.05, 3.63) is 53.9 Å². The molecule has 0 aliphatic rings. The van der Waals surface area contributed by atoms with Crippen LogP contribution in [0.2, 0.25) is 0 Å². The Morgan fingerprint density at radius 1 is 1.04 bits per heavy atom. The van der Waals surface area contributed by atoms with E-state index >= 15 is 0 Å². The molecule has 0 aliphatic heterocycles. The van der Waals surface area contributed by atoms with Gasteiger partial charge in [0.05, 0.1) is 7.11 Å². The fourth-order valence-electron chi connectivity index (χ4n) is 1.70. The molecule has 0 fully saturated rings. The molecule has 2 rings (SSSR count). The van der Waals surface area contributed by atoms with Crippen molar-refractivity contribution in [2.75, 3.05) is 7.11 Å². The number of ether oxygens (including phenoxy) is 2. The van der Waals surface area contributed by atoms with Crippen LogP contribution >= 0.6 is 0 Å². The molecule has 1 aromatic carbocycles. The predicted octanol–water partition coefficient (Wildman–Crippen LogP) is 3.73. The number of rotatable bonds is 4. The highest BCUT2D eigenvalue weighted by Crippen LogP contribution is 2.30. The van der Waals surface area contributed by atoms with Crippen LogP contribution in [0.25, 0.3) is 12.2 Å². The molecular weight excluding hydrogens is 311 g/mol. The van der Waals surface area contributed by atoms with Crippen LogP contribution in [0.5, 0.6) is 11.5 Å². The van der Waals surface area contributed by atoms with E-state index < -0.39 is 12.1 Å². The molecule has 0 amide bonds. The number of pyridine rings is 1. The number of hydrogen-bond donors (Lipinski definition) is 0. The molecule has 0 atom stereocenters. The highest BCUT2D eigenvalue weighted by atomic mass is 19.4. The largest absolute Gasteiger partial charge is 0.493 e. The van der Waals surface area contributed by atoms with Crippen LogP contribution in [0.4, 0.5) is 13.2 Å². The minimum absolute atomic E-state index is 0.0273. The van der Waals surface area contributed by atoms with Gasteiger partial charge in [-0.05, 0) is 35.4 Å². The molecule has 0 spiro atoms. The number of benzene rings is 1. The lowest BCUT2D eigenvalue weighted by molar-refractivity contribution is -0.189. The number of alkyl halides is 3. The van der Waals surface area contributed by atoms with Gasteiger partial charge in [0, 0.05) is 12.4 Å². The fourth-order valence-corrected chi connectivity index (χ4v) is 1.70. The summed E-state index contributed by atoms with van der Waals surface area (Å²) >= 11 is 0. The maximum Gasteiger partial charge on any atom is 0.491 e. The zero-order valence-electron chi connectivity index (χ0n) is 12.0. The molecule has 0 saturated heterocycles. The first-order chi connectivity index (χ1) is 10.9. The Bertz CT molecular complexity index is 712. The smallest absolute Gasteiger partial charge is 0.491 e. The van der Waals surface area contributed by atoms with Gasteiger partial charge in [0.15, 0.2) is 11.5 Å². The van der Waals surface area contributed by atoms with Crippen molar-refractivity contribution in [3.63, 3.8) is 0 Å². The minimum Gasteiger partial charge on any atom is -0.493 e. The molecule has 0 bridgehead atoms. The Morgan fingerprint density at radius 3 is 2.30 bits per heavy atom. The molecule has 7 heteroatoms. The van der Waals surface area contributed by atoms with Gasteiger partial charge in [-0.25, -0.2) is 4.79 Å². The number of methoxy groups -OCH3 is 1. The molecule has 4 nitrogen and oxygen atoms in total. The first-order valence-corrected chi connectivity index (χ1v) is 6.45. The summed E-state index contributed by atoms with van der Waals surface area (Å²) < 4.78 is 45.9. The van der Waals surface area contributed by atoms with E-state index in [1.807, 2.05) is 0 Å². The van der Waals surface area contributed by atoms with E-state index in [1.54, 1.807) is 36.7 Å². The second kappa shape index (κ2) is 6.95. The number of carbonyl (C=O) groups excluding carboxylic acids is 1. The standard InChI is InChI=1S/C16H12F3NO3/c1-22-14-10-12(3-2-11-6-8-20-9-7-11)4-5-13(14)23-15(21)16(17,18)19/h2-10H,1H3/b3-2+. The quantitative estimate of drug-likeness (QED) is 0.635. The number of carbonyl (C=O) groups is 1. The molecular formula is C16H12F3NO3. The molecule has 1 aromatic heterocycles. The lowest BCUT2D eigenvalue weighted by atomic mass is 10.1. The van der Waals surface area contributed by atoms with Crippen LogP contribution in [0.15, 0.2) is 42.7 Å². The van der Waals surface area contributed by atoms with E-state index in [9.17, 15) is 18.0 Å². The van der Waals surface area contributed by atoms with E-state index in [0.29, 0.717) is 5.56 Å². The van der Waals surface area contributed by atoms with E-state index in [-0.39, 0.29) is 11.5 Å². The number of esters is 1. The van der Waals surface area contributed by atoms with Crippen LogP contribution < -0.4 is 9.47 Å². The van der Waals surface area contributed by atoms with Gasteiger partial charge in [-0.15, -0.1) is 0 Å². The first kappa shape index (κ1) is 16.5. The third-order valence-corrected chi connectivity index (χ3v) is 2.80. The van der Waals surface area contributed by atoms with Gasteiger partial charge in [0.2, 0.25) is 0 Å². The molecule has 0 saturated carbocycles. The van der Waals surface area contributed by atoms with Crippen molar-refractivity contribution < 1.29 is 27.4 Å². The maximum absolute atomic E-state index is 12.2. The Morgan fingerprint density at radius 2 is 1.70 bits per heavy atom. The van der Waals surface area contributed by atoms with Gasteiger partial charge in [-0.1, -0.05) is 18.2 Å². The zero-order chi connectivity index (χ0) is 16.9. The monoisotopic (exact) mass is 323 g/mol. The lowest BCUT2D eigenvalue weighted by Crippen LogP contribution is -2.28. The van der Waals surface area contributed by atoms with Crippen molar-refractivity contribution in [1.82, 2.24) is 4.98 Å². The summed E-state index contributed by atoms with van der Waals surface area (Å²) in [6.45, 7) is 0. The number of halogens is 3. The second-order valence-corrected chi connectivity index (χ2v) is 4.41.